The molecule has 0 radical (unpaired) electrons. The Morgan fingerprint density at radius 3 is 2.67 bits per heavy atom. The van der Waals surface area contributed by atoms with E-state index in [1.807, 2.05) is 42.6 Å². The number of anilines is 2. The monoisotopic (exact) mass is 324 g/mol. The van der Waals surface area contributed by atoms with Crippen LogP contribution in [0.3, 0.4) is 0 Å². The summed E-state index contributed by atoms with van der Waals surface area (Å²) >= 11 is 0. The second kappa shape index (κ2) is 7.79. The van der Waals surface area contributed by atoms with Gasteiger partial charge in [-0.05, 0) is 36.9 Å². The van der Waals surface area contributed by atoms with Crippen LogP contribution in [0.1, 0.15) is 5.56 Å². The maximum absolute atomic E-state index is 5.96. The summed E-state index contributed by atoms with van der Waals surface area (Å²) in [7, 11) is 2.15. The molecule has 6 nitrogen and oxygen atoms in total. The Morgan fingerprint density at radius 1 is 1.17 bits per heavy atom. The standard InChI is InChI=1S/C18H24N6/c1-23-9-11-24(12-10-23)17-13-15(7-8-20-17)14-21-18(19)22-16-5-3-2-4-6-16/h2-8,13H,9-12,14H2,1H3,(H3,19,21,22). The van der Waals surface area contributed by atoms with E-state index in [1.165, 1.54) is 0 Å². The van der Waals surface area contributed by atoms with Crippen molar-refractivity contribution in [2.45, 2.75) is 6.54 Å². The van der Waals surface area contributed by atoms with Crippen LogP contribution in [0.15, 0.2) is 53.7 Å². The van der Waals surface area contributed by atoms with E-state index in [0.717, 1.165) is 43.2 Å². The Kier molecular flexibility index (Phi) is 5.28. The van der Waals surface area contributed by atoms with Crippen molar-refractivity contribution in [3.63, 3.8) is 0 Å². The van der Waals surface area contributed by atoms with Crippen LogP contribution in [-0.4, -0.2) is 49.1 Å². The van der Waals surface area contributed by atoms with Gasteiger partial charge in [0.2, 0.25) is 0 Å². The van der Waals surface area contributed by atoms with Crippen molar-refractivity contribution in [3.05, 3.63) is 54.2 Å². The molecule has 126 valence electrons. The van der Waals surface area contributed by atoms with Gasteiger partial charge in [-0.2, -0.15) is 0 Å². The number of aromatic nitrogens is 1. The Bertz CT molecular complexity index is 677. The lowest BCUT2D eigenvalue weighted by atomic mass is 10.2. The third kappa shape index (κ3) is 4.45. The Morgan fingerprint density at radius 2 is 1.92 bits per heavy atom. The van der Waals surface area contributed by atoms with Gasteiger partial charge in [-0.3, -0.25) is 0 Å². The molecular weight excluding hydrogens is 300 g/mol. The third-order valence-electron chi connectivity index (χ3n) is 4.12. The molecule has 1 aromatic carbocycles. The van der Waals surface area contributed by atoms with Gasteiger partial charge >= 0.3 is 0 Å². The number of nitrogens with two attached hydrogens (primary N) is 1. The van der Waals surface area contributed by atoms with Crippen LogP contribution in [0.2, 0.25) is 0 Å². The minimum Gasteiger partial charge on any atom is -0.370 e. The lowest BCUT2D eigenvalue weighted by Gasteiger charge is -2.33. The lowest BCUT2D eigenvalue weighted by Crippen LogP contribution is -2.44. The number of guanidine groups is 1. The van der Waals surface area contributed by atoms with Crippen molar-refractivity contribution in [2.24, 2.45) is 10.7 Å². The smallest absolute Gasteiger partial charge is 0.193 e. The van der Waals surface area contributed by atoms with Gasteiger partial charge < -0.3 is 20.9 Å². The SMILES string of the molecule is CN1CCN(c2cc(CN=C(N)Nc3ccccc3)ccn2)CC1. The number of likely N-dealkylation sites (N-methyl/N-ethyl adjacent to an activating group) is 1. The zero-order chi connectivity index (χ0) is 16.8. The van der Waals surface area contributed by atoms with Crippen LogP contribution in [0, 0.1) is 0 Å². The topological polar surface area (TPSA) is 69.8 Å². The molecule has 1 aromatic heterocycles. The second-order valence-electron chi connectivity index (χ2n) is 6.01. The van der Waals surface area contributed by atoms with Gasteiger partial charge in [0.25, 0.3) is 0 Å². The average Bonchev–Trinajstić information content (AvgIpc) is 2.62. The maximum atomic E-state index is 5.96. The molecule has 0 aliphatic carbocycles. The van der Waals surface area contributed by atoms with Crippen LogP contribution in [0.4, 0.5) is 11.5 Å². The third-order valence-corrected chi connectivity index (χ3v) is 4.12. The van der Waals surface area contributed by atoms with Crippen LogP contribution >= 0.6 is 0 Å². The first kappa shape index (κ1) is 16.3. The molecule has 3 N–H and O–H groups in total. The van der Waals surface area contributed by atoms with Crippen LogP contribution < -0.4 is 16.0 Å². The van der Waals surface area contributed by atoms with E-state index in [2.05, 4.69) is 38.2 Å². The highest BCUT2D eigenvalue weighted by Gasteiger charge is 2.15. The molecule has 1 aliphatic heterocycles. The van der Waals surface area contributed by atoms with E-state index in [-0.39, 0.29) is 0 Å². The fraction of sp³-hybridized carbons (Fsp3) is 0.333. The number of aliphatic imine (C=N–C) groups is 1. The Balaban J connectivity index is 1.61. The summed E-state index contributed by atoms with van der Waals surface area (Å²) < 4.78 is 0. The maximum Gasteiger partial charge on any atom is 0.193 e. The van der Waals surface area contributed by atoms with Gasteiger partial charge in [0.15, 0.2) is 5.96 Å². The molecule has 0 spiro atoms. The van der Waals surface area contributed by atoms with E-state index in [4.69, 9.17) is 5.73 Å². The fourth-order valence-electron chi connectivity index (χ4n) is 2.65. The molecule has 2 aromatic rings. The average molecular weight is 324 g/mol. The van der Waals surface area contributed by atoms with Crippen molar-refractivity contribution in [3.8, 4) is 0 Å². The van der Waals surface area contributed by atoms with Crippen molar-refractivity contribution < 1.29 is 0 Å². The van der Waals surface area contributed by atoms with Crippen molar-refractivity contribution in [1.82, 2.24) is 9.88 Å². The minimum atomic E-state index is 0.416. The number of nitrogens with zero attached hydrogens (tertiary/aromatic N) is 4. The number of benzene rings is 1. The highest BCUT2D eigenvalue weighted by Crippen LogP contribution is 2.15. The summed E-state index contributed by atoms with van der Waals surface area (Å²) in [4.78, 5) is 13.6. The molecule has 1 saturated heterocycles. The van der Waals surface area contributed by atoms with Crippen molar-refractivity contribution in [1.29, 1.82) is 0 Å². The van der Waals surface area contributed by atoms with E-state index in [0.29, 0.717) is 12.5 Å². The molecule has 0 amide bonds. The van der Waals surface area contributed by atoms with E-state index >= 15 is 0 Å². The molecule has 24 heavy (non-hydrogen) atoms. The molecule has 0 unspecified atom stereocenters. The summed E-state index contributed by atoms with van der Waals surface area (Å²) in [6.07, 6.45) is 1.85. The fourth-order valence-corrected chi connectivity index (χ4v) is 2.65. The number of hydrogen-bond donors (Lipinski definition) is 2. The first-order valence-corrected chi connectivity index (χ1v) is 8.21. The number of piperazine rings is 1. The van der Waals surface area contributed by atoms with Crippen LogP contribution in [0.25, 0.3) is 0 Å². The van der Waals surface area contributed by atoms with Gasteiger partial charge in [-0.15, -0.1) is 0 Å². The van der Waals surface area contributed by atoms with Gasteiger partial charge in [0, 0.05) is 38.1 Å². The summed E-state index contributed by atoms with van der Waals surface area (Å²) in [5.41, 5.74) is 8.00. The zero-order valence-corrected chi connectivity index (χ0v) is 14.0. The van der Waals surface area contributed by atoms with E-state index < -0.39 is 0 Å². The van der Waals surface area contributed by atoms with Gasteiger partial charge in [0.1, 0.15) is 5.82 Å². The van der Waals surface area contributed by atoms with Gasteiger partial charge in [0.05, 0.1) is 6.54 Å². The van der Waals surface area contributed by atoms with Gasteiger partial charge in [-0.1, -0.05) is 18.2 Å². The number of pyridine rings is 1. The molecule has 6 heteroatoms. The van der Waals surface area contributed by atoms with Crippen molar-refractivity contribution >= 4 is 17.5 Å². The highest BCUT2D eigenvalue weighted by molar-refractivity contribution is 5.92. The highest BCUT2D eigenvalue weighted by atomic mass is 15.3. The van der Waals surface area contributed by atoms with Crippen LogP contribution in [0.5, 0.6) is 0 Å². The number of para-hydroxylation sites is 1. The Hall–Kier alpha value is -2.60. The molecule has 0 bridgehead atoms. The number of hydrogen-bond acceptors (Lipinski definition) is 4. The van der Waals surface area contributed by atoms with E-state index in [1.54, 1.807) is 0 Å². The molecule has 1 aliphatic rings. The normalized spacial score (nSPS) is 16.2. The molecular formula is C18H24N6. The predicted octanol–water partition coefficient (Wildman–Crippen LogP) is 1.76. The summed E-state index contributed by atoms with van der Waals surface area (Å²) in [6.45, 7) is 4.69. The minimum absolute atomic E-state index is 0.416. The second-order valence-corrected chi connectivity index (χ2v) is 6.01. The summed E-state index contributed by atoms with van der Waals surface area (Å²) in [5, 5.41) is 3.09. The van der Waals surface area contributed by atoms with Gasteiger partial charge in [-0.25, -0.2) is 9.98 Å². The quantitative estimate of drug-likeness (QED) is 0.662. The van der Waals surface area contributed by atoms with Crippen LogP contribution in [-0.2, 0) is 6.54 Å². The van der Waals surface area contributed by atoms with E-state index in [9.17, 15) is 0 Å². The molecule has 2 heterocycles. The zero-order valence-electron chi connectivity index (χ0n) is 14.0. The number of nitrogens with one attached hydrogen (secondary N) is 1. The largest absolute Gasteiger partial charge is 0.370 e. The Labute approximate surface area is 143 Å². The molecule has 0 saturated carbocycles. The van der Waals surface area contributed by atoms with Crippen molar-refractivity contribution in [2.75, 3.05) is 43.4 Å². The molecule has 0 atom stereocenters. The summed E-state index contributed by atoms with van der Waals surface area (Å²) in [5.74, 6) is 1.43. The molecule has 1 fully saturated rings. The first-order chi connectivity index (χ1) is 11.7. The molecule has 3 rings (SSSR count). The summed E-state index contributed by atoms with van der Waals surface area (Å²) in [6, 6.07) is 13.9. The number of rotatable bonds is 4. The first-order valence-electron chi connectivity index (χ1n) is 8.21. The predicted molar refractivity (Wildman–Crippen MR) is 99.3 cm³/mol. The lowest BCUT2D eigenvalue weighted by molar-refractivity contribution is 0.312.